The largest absolute Gasteiger partial charge is 0.338 e. The molecule has 1 saturated heterocycles. The Morgan fingerprint density at radius 1 is 1.17 bits per heavy atom. The van der Waals surface area contributed by atoms with Crippen molar-refractivity contribution in [2.75, 3.05) is 20.2 Å². The van der Waals surface area contributed by atoms with E-state index in [1.54, 1.807) is 0 Å². The van der Waals surface area contributed by atoms with Gasteiger partial charge >= 0.3 is 10.3 Å². The first-order valence-electron chi connectivity index (χ1n) is 4.22. The molecule has 1 aliphatic heterocycles. The van der Waals surface area contributed by atoms with E-state index in [1.165, 1.54) is 11.4 Å². The van der Waals surface area contributed by atoms with Crippen LogP contribution in [-0.2, 0) is 14.5 Å². The summed E-state index contributed by atoms with van der Waals surface area (Å²) in [6, 6.07) is 0. The Morgan fingerprint density at radius 2 is 1.58 bits per heavy atom. The van der Waals surface area contributed by atoms with Crippen molar-refractivity contribution >= 4 is 10.3 Å². The third kappa shape index (κ3) is 3.08. The van der Waals surface area contributed by atoms with Gasteiger partial charge in [-0.25, -0.2) is 0 Å². The predicted molar refractivity (Wildman–Crippen MR) is 48.1 cm³/mol. The van der Waals surface area contributed by atoms with Gasteiger partial charge in [0, 0.05) is 13.1 Å². The molecule has 0 spiro atoms. The fraction of sp³-hybridized carbons (Fsp3) is 1.00. The van der Waals surface area contributed by atoms with Gasteiger partial charge < -0.3 is 0 Å². The Morgan fingerprint density at radius 3 is 1.92 bits per heavy atom. The van der Waals surface area contributed by atoms with Crippen LogP contribution in [0.3, 0.4) is 0 Å². The van der Waals surface area contributed by atoms with E-state index in [-0.39, 0.29) is 0 Å². The Hall–Kier alpha value is -0.130. The summed E-state index contributed by atoms with van der Waals surface area (Å²) in [7, 11) is -2.18. The molecular formula is C7H17NO3S. The molecule has 12 heavy (non-hydrogen) atoms. The lowest BCUT2D eigenvalue weighted by molar-refractivity contribution is 0.336. The normalized spacial score (nSPS) is 18.6. The summed E-state index contributed by atoms with van der Waals surface area (Å²) in [4.78, 5) is 0. The van der Waals surface area contributed by atoms with Crippen molar-refractivity contribution in [3.8, 4) is 0 Å². The number of hydrogen-bond donors (Lipinski definition) is 0. The van der Waals surface area contributed by atoms with Crippen molar-refractivity contribution in [3.05, 3.63) is 0 Å². The minimum Gasteiger partial charge on any atom is -0.261 e. The molecule has 1 aliphatic rings. The summed E-state index contributed by atoms with van der Waals surface area (Å²) in [6.45, 7) is 5.21. The van der Waals surface area contributed by atoms with Gasteiger partial charge in [-0.05, 0) is 12.8 Å². The maximum absolute atomic E-state index is 10.9. The van der Waals surface area contributed by atoms with Crippen LogP contribution < -0.4 is 0 Å². The van der Waals surface area contributed by atoms with Crippen LogP contribution in [-0.4, -0.2) is 32.9 Å². The Balaban J connectivity index is 0.000000561. The average Bonchev–Trinajstić information content (AvgIpc) is 2.61. The van der Waals surface area contributed by atoms with Gasteiger partial charge in [0.1, 0.15) is 0 Å². The molecule has 5 heteroatoms. The third-order valence-electron chi connectivity index (χ3n) is 1.59. The van der Waals surface area contributed by atoms with Crippen LogP contribution in [0.25, 0.3) is 0 Å². The SMILES string of the molecule is CC.COS(=O)(=O)N1CCCC1. The zero-order chi connectivity index (χ0) is 9.61. The minimum atomic E-state index is -3.36. The van der Waals surface area contributed by atoms with Gasteiger partial charge in [-0.1, -0.05) is 13.8 Å². The molecule has 0 N–H and O–H groups in total. The molecule has 0 amide bonds. The summed E-state index contributed by atoms with van der Waals surface area (Å²) in [5.41, 5.74) is 0. The fourth-order valence-corrected chi connectivity index (χ4v) is 1.93. The van der Waals surface area contributed by atoms with Crippen LogP contribution in [0.4, 0.5) is 0 Å². The molecule has 0 unspecified atom stereocenters. The van der Waals surface area contributed by atoms with Crippen molar-refractivity contribution in [2.45, 2.75) is 26.7 Å². The molecule has 0 atom stereocenters. The van der Waals surface area contributed by atoms with Crippen molar-refractivity contribution in [3.63, 3.8) is 0 Å². The van der Waals surface area contributed by atoms with Gasteiger partial charge in [0.15, 0.2) is 0 Å². The molecule has 74 valence electrons. The van der Waals surface area contributed by atoms with Crippen LogP contribution in [0.1, 0.15) is 26.7 Å². The van der Waals surface area contributed by atoms with Gasteiger partial charge in [-0.15, -0.1) is 0 Å². The molecule has 1 rings (SSSR count). The lowest BCUT2D eigenvalue weighted by Crippen LogP contribution is -2.28. The van der Waals surface area contributed by atoms with Gasteiger partial charge in [0.2, 0.25) is 0 Å². The molecular weight excluding hydrogens is 178 g/mol. The summed E-state index contributed by atoms with van der Waals surface area (Å²) < 4.78 is 27.5. The van der Waals surface area contributed by atoms with E-state index in [2.05, 4.69) is 4.18 Å². The van der Waals surface area contributed by atoms with Crippen molar-refractivity contribution in [2.24, 2.45) is 0 Å². The second-order valence-electron chi connectivity index (χ2n) is 2.23. The highest BCUT2D eigenvalue weighted by atomic mass is 32.2. The van der Waals surface area contributed by atoms with Crippen LogP contribution in [0.2, 0.25) is 0 Å². The van der Waals surface area contributed by atoms with Crippen molar-refractivity contribution in [1.82, 2.24) is 4.31 Å². The molecule has 0 aromatic rings. The number of hydrogen-bond acceptors (Lipinski definition) is 3. The van der Waals surface area contributed by atoms with Gasteiger partial charge in [0.25, 0.3) is 0 Å². The Labute approximate surface area is 74.8 Å². The lowest BCUT2D eigenvalue weighted by Gasteiger charge is -2.11. The first kappa shape index (κ1) is 11.9. The van der Waals surface area contributed by atoms with Crippen LogP contribution in [0.15, 0.2) is 0 Å². The van der Waals surface area contributed by atoms with E-state index < -0.39 is 10.3 Å². The van der Waals surface area contributed by atoms with Gasteiger partial charge in [0.05, 0.1) is 7.11 Å². The van der Waals surface area contributed by atoms with E-state index in [1.807, 2.05) is 13.8 Å². The Bertz CT molecular complexity index is 195. The molecule has 0 aromatic heterocycles. The second kappa shape index (κ2) is 5.50. The molecule has 0 bridgehead atoms. The summed E-state index contributed by atoms with van der Waals surface area (Å²) >= 11 is 0. The smallest absolute Gasteiger partial charge is 0.261 e. The first-order valence-corrected chi connectivity index (χ1v) is 5.59. The lowest BCUT2D eigenvalue weighted by atomic mass is 10.4. The topological polar surface area (TPSA) is 46.6 Å². The van der Waals surface area contributed by atoms with Gasteiger partial charge in [-0.2, -0.15) is 12.7 Å². The Kier molecular flexibility index (Phi) is 5.44. The monoisotopic (exact) mass is 195 g/mol. The predicted octanol–water partition coefficient (Wildman–Crippen LogP) is 1.000. The summed E-state index contributed by atoms with van der Waals surface area (Å²) in [5.74, 6) is 0. The second-order valence-corrected chi connectivity index (χ2v) is 3.94. The molecule has 1 fully saturated rings. The molecule has 0 saturated carbocycles. The molecule has 0 aliphatic carbocycles. The van der Waals surface area contributed by atoms with Crippen LogP contribution >= 0.6 is 0 Å². The maximum Gasteiger partial charge on any atom is 0.338 e. The molecule has 0 radical (unpaired) electrons. The highest BCUT2D eigenvalue weighted by Crippen LogP contribution is 2.12. The standard InChI is InChI=1S/C5H11NO3S.C2H6/c1-9-10(7,8)6-4-2-3-5-6;1-2/h2-5H2,1H3;1-2H3. The zero-order valence-corrected chi connectivity index (χ0v) is 8.73. The van der Waals surface area contributed by atoms with Crippen molar-refractivity contribution < 1.29 is 12.6 Å². The molecule has 1 heterocycles. The van der Waals surface area contributed by atoms with E-state index in [4.69, 9.17) is 0 Å². The average molecular weight is 195 g/mol. The maximum atomic E-state index is 10.9. The van der Waals surface area contributed by atoms with E-state index in [0.717, 1.165) is 12.8 Å². The fourth-order valence-electron chi connectivity index (χ4n) is 1.02. The number of rotatable bonds is 2. The van der Waals surface area contributed by atoms with E-state index in [9.17, 15) is 8.42 Å². The molecule has 0 aromatic carbocycles. The number of nitrogens with zero attached hydrogens (tertiary/aromatic N) is 1. The van der Waals surface area contributed by atoms with E-state index >= 15 is 0 Å². The quantitative estimate of drug-likeness (QED) is 0.660. The van der Waals surface area contributed by atoms with Crippen molar-refractivity contribution in [1.29, 1.82) is 0 Å². The third-order valence-corrected chi connectivity index (χ3v) is 3.01. The first-order chi connectivity index (χ1) is 5.67. The molecule has 4 nitrogen and oxygen atoms in total. The summed E-state index contributed by atoms with van der Waals surface area (Å²) in [5, 5.41) is 0. The van der Waals surface area contributed by atoms with E-state index in [0.29, 0.717) is 13.1 Å². The minimum absolute atomic E-state index is 0.607. The van der Waals surface area contributed by atoms with Crippen LogP contribution in [0, 0.1) is 0 Å². The highest BCUT2D eigenvalue weighted by molar-refractivity contribution is 7.84. The summed E-state index contributed by atoms with van der Waals surface area (Å²) in [6.07, 6.45) is 1.89. The highest BCUT2D eigenvalue weighted by Gasteiger charge is 2.24. The van der Waals surface area contributed by atoms with Crippen LogP contribution in [0.5, 0.6) is 0 Å². The van der Waals surface area contributed by atoms with Gasteiger partial charge in [-0.3, -0.25) is 4.18 Å². The zero-order valence-electron chi connectivity index (χ0n) is 7.91.